The highest BCUT2D eigenvalue weighted by Gasteiger charge is 2.27. The second-order valence-corrected chi connectivity index (χ2v) is 7.75. The van der Waals surface area contributed by atoms with E-state index in [4.69, 9.17) is 14.2 Å². The van der Waals surface area contributed by atoms with Gasteiger partial charge in [-0.2, -0.15) is 0 Å². The van der Waals surface area contributed by atoms with Crippen molar-refractivity contribution in [2.75, 3.05) is 26.8 Å². The molecule has 1 saturated heterocycles. The van der Waals surface area contributed by atoms with Crippen molar-refractivity contribution in [3.05, 3.63) is 22.2 Å². The number of hydrogen-bond acceptors (Lipinski definition) is 5. The predicted octanol–water partition coefficient (Wildman–Crippen LogP) is 4.05. The maximum absolute atomic E-state index is 12.5. The van der Waals surface area contributed by atoms with Crippen LogP contribution < -0.4 is 9.47 Å². The minimum atomic E-state index is -0.827. The molecule has 0 bridgehead atoms. The Morgan fingerprint density at radius 1 is 1.30 bits per heavy atom. The zero-order chi connectivity index (χ0) is 20.0. The normalized spacial score (nSPS) is 16.0. The highest BCUT2D eigenvalue weighted by Crippen LogP contribution is 2.37. The molecule has 1 amide bonds. The van der Waals surface area contributed by atoms with Gasteiger partial charge in [0.2, 0.25) is 0 Å². The third-order valence-electron chi connectivity index (χ3n) is 4.64. The molecule has 0 radical (unpaired) electrons. The molecule has 1 aliphatic rings. The Bertz CT molecular complexity index is 671. The van der Waals surface area contributed by atoms with Gasteiger partial charge in [-0.15, -0.1) is 0 Å². The van der Waals surface area contributed by atoms with Crippen LogP contribution in [0.4, 0.5) is 0 Å². The number of hydrogen-bond donors (Lipinski definition) is 0. The van der Waals surface area contributed by atoms with Crippen molar-refractivity contribution in [2.45, 2.75) is 46.1 Å². The van der Waals surface area contributed by atoms with Crippen LogP contribution in [0.2, 0.25) is 0 Å². The molecule has 0 aliphatic carbocycles. The Hall–Kier alpha value is -1.76. The van der Waals surface area contributed by atoms with Crippen molar-refractivity contribution in [3.8, 4) is 11.5 Å². The molecule has 1 aromatic rings. The van der Waals surface area contributed by atoms with Crippen LogP contribution in [0.1, 0.15) is 50.4 Å². The van der Waals surface area contributed by atoms with Gasteiger partial charge in [0.1, 0.15) is 0 Å². The van der Waals surface area contributed by atoms with Crippen molar-refractivity contribution < 1.29 is 23.8 Å². The van der Waals surface area contributed by atoms with E-state index in [1.165, 1.54) is 7.11 Å². The summed E-state index contributed by atoms with van der Waals surface area (Å²) in [6.45, 7) is 7.77. The van der Waals surface area contributed by atoms with E-state index in [1.807, 2.05) is 6.92 Å². The SMILES string of the molecule is CCCOc1c(Br)cc(C(=O)OC(C)C(=O)N2CCC(C)CC2)cc1OC. The fourth-order valence-electron chi connectivity index (χ4n) is 2.95. The maximum atomic E-state index is 12.5. The molecule has 1 aromatic carbocycles. The summed E-state index contributed by atoms with van der Waals surface area (Å²) in [5.74, 6) is 0.896. The van der Waals surface area contributed by atoms with Crippen LogP contribution in [-0.4, -0.2) is 49.7 Å². The van der Waals surface area contributed by atoms with Crippen molar-refractivity contribution >= 4 is 27.8 Å². The van der Waals surface area contributed by atoms with E-state index in [1.54, 1.807) is 24.0 Å². The molecule has 0 saturated carbocycles. The number of amides is 1. The van der Waals surface area contributed by atoms with E-state index in [-0.39, 0.29) is 5.91 Å². The Labute approximate surface area is 169 Å². The molecule has 0 aromatic heterocycles. The number of ether oxygens (including phenoxy) is 3. The molecule has 1 unspecified atom stereocenters. The molecule has 150 valence electrons. The van der Waals surface area contributed by atoms with Crippen molar-refractivity contribution in [1.29, 1.82) is 0 Å². The molecular weight excluding hydrogens is 414 g/mol. The fraction of sp³-hybridized carbons (Fsp3) is 0.600. The first-order valence-corrected chi connectivity index (χ1v) is 10.2. The summed E-state index contributed by atoms with van der Waals surface area (Å²) in [6, 6.07) is 3.19. The largest absolute Gasteiger partial charge is 0.493 e. The number of carbonyl (C=O) groups excluding carboxylic acids is 2. The number of esters is 1. The maximum Gasteiger partial charge on any atom is 0.339 e. The van der Waals surface area contributed by atoms with Gasteiger partial charge in [-0.25, -0.2) is 4.79 Å². The van der Waals surface area contributed by atoms with Gasteiger partial charge in [0.05, 0.1) is 23.8 Å². The molecule has 2 rings (SSSR count). The van der Waals surface area contributed by atoms with Gasteiger partial charge in [0.25, 0.3) is 5.91 Å². The zero-order valence-corrected chi connectivity index (χ0v) is 18.0. The summed E-state index contributed by atoms with van der Waals surface area (Å²) in [6.07, 6.45) is 1.99. The Kier molecular flexibility index (Phi) is 7.95. The lowest BCUT2D eigenvalue weighted by atomic mass is 9.99. The molecule has 1 atom stereocenters. The van der Waals surface area contributed by atoms with Gasteiger partial charge in [-0.3, -0.25) is 4.79 Å². The Balaban J connectivity index is 2.06. The average Bonchev–Trinajstić information content (AvgIpc) is 2.66. The van der Waals surface area contributed by atoms with Crippen molar-refractivity contribution in [2.24, 2.45) is 5.92 Å². The van der Waals surface area contributed by atoms with Gasteiger partial charge >= 0.3 is 5.97 Å². The molecule has 7 heteroatoms. The van der Waals surface area contributed by atoms with E-state index in [9.17, 15) is 9.59 Å². The second kappa shape index (κ2) is 9.97. The fourth-order valence-corrected chi connectivity index (χ4v) is 3.50. The first-order chi connectivity index (χ1) is 12.9. The average molecular weight is 442 g/mol. The van der Waals surface area contributed by atoms with Crippen LogP contribution in [0, 0.1) is 5.92 Å². The lowest BCUT2D eigenvalue weighted by Gasteiger charge is -2.31. The summed E-state index contributed by atoms with van der Waals surface area (Å²) < 4.78 is 17.0. The lowest BCUT2D eigenvalue weighted by molar-refractivity contribution is -0.141. The van der Waals surface area contributed by atoms with Gasteiger partial charge in [-0.05, 0) is 60.2 Å². The van der Waals surface area contributed by atoms with Crippen LogP contribution in [-0.2, 0) is 9.53 Å². The molecular formula is C20H28BrNO5. The van der Waals surface area contributed by atoms with Crippen molar-refractivity contribution in [3.63, 3.8) is 0 Å². The molecule has 27 heavy (non-hydrogen) atoms. The minimum absolute atomic E-state index is 0.149. The minimum Gasteiger partial charge on any atom is -0.493 e. The number of piperidine rings is 1. The third-order valence-corrected chi connectivity index (χ3v) is 5.23. The van der Waals surface area contributed by atoms with Crippen LogP contribution in [0.5, 0.6) is 11.5 Å². The second-order valence-electron chi connectivity index (χ2n) is 6.89. The smallest absolute Gasteiger partial charge is 0.339 e. The highest BCUT2D eigenvalue weighted by molar-refractivity contribution is 9.10. The number of halogens is 1. The summed E-state index contributed by atoms with van der Waals surface area (Å²) in [7, 11) is 1.51. The van der Waals surface area contributed by atoms with Gasteiger partial charge < -0.3 is 19.1 Å². The van der Waals surface area contributed by atoms with E-state index >= 15 is 0 Å². The topological polar surface area (TPSA) is 65.1 Å². The molecule has 0 N–H and O–H groups in total. The Morgan fingerprint density at radius 2 is 1.96 bits per heavy atom. The number of carbonyl (C=O) groups is 2. The number of methoxy groups -OCH3 is 1. The number of rotatable bonds is 7. The summed E-state index contributed by atoms with van der Waals surface area (Å²) in [4.78, 5) is 26.8. The molecule has 0 spiro atoms. The first kappa shape index (κ1) is 21.5. The van der Waals surface area contributed by atoms with E-state index in [0.29, 0.717) is 47.1 Å². The molecule has 6 nitrogen and oxygen atoms in total. The number of benzene rings is 1. The third kappa shape index (κ3) is 5.61. The molecule has 1 fully saturated rings. The number of likely N-dealkylation sites (tertiary alicyclic amines) is 1. The first-order valence-electron chi connectivity index (χ1n) is 9.37. The monoisotopic (exact) mass is 441 g/mol. The van der Waals surface area contributed by atoms with Gasteiger partial charge in [-0.1, -0.05) is 13.8 Å². The van der Waals surface area contributed by atoms with Crippen LogP contribution >= 0.6 is 15.9 Å². The van der Waals surface area contributed by atoms with Crippen LogP contribution in [0.25, 0.3) is 0 Å². The summed E-state index contributed by atoms with van der Waals surface area (Å²) in [5, 5.41) is 0. The lowest BCUT2D eigenvalue weighted by Crippen LogP contribution is -2.44. The van der Waals surface area contributed by atoms with E-state index in [0.717, 1.165) is 19.3 Å². The van der Waals surface area contributed by atoms with Crippen LogP contribution in [0.15, 0.2) is 16.6 Å². The Morgan fingerprint density at radius 3 is 2.56 bits per heavy atom. The standard InChI is InChI=1S/C20H28BrNO5/c1-5-10-26-18-16(21)11-15(12-17(18)25-4)20(24)27-14(3)19(23)22-8-6-13(2)7-9-22/h11-14H,5-10H2,1-4H3. The van der Waals surface area contributed by atoms with Crippen LogP contribution in [0.3, 0.4) is 0 Å². The predicted molar refractivity (Wildman–Crippen MR) is 106 cm³/mol. The summed E-state index contributed by atoms with van der Waals surface area (Å²) >= 11 is 3.41. The summed E-state index contributed by atoms with van der Waals surface area (Å²) in [5.41, 5.74) is 0.300. The van der Waals surface area contributed by atoms with Gasteiger partial charge in [0, 0.05) is 13.1 Å². The van der Waals surface area contributed by atoms with E-state index in [2.05, 4.69) is 22.9 Å². The van der Waals surface area contributed by atoms with E-state index < -0.39 is 12.1 Å². The van der Waals surface area contributed by atoms with Crippen molar-refractivity contribution in [1.82, 2.24) is 4.90 Å². The highest BCUT2D eigenvalue weighted by atomic mass is 79.9. The number of nitrogens with zero attached hydrogens (tertiary/aromatic N) is 1. The zero-order valence-electron chi connectivity index (χ0n) is 16.4. The molecule has 1 aliphatic heterocycles. The van der Waals surface area contributed by atoms with Gasteiger partial charge in [0.15, 0.2) is 17.6 Å². The quantitative estimate of drug-likeness (QED) is 0.597. The molecule has 1 heterocycles.